The molecule has 2 rings (SSSR count). The van der Waals surface area contributed by atoms with Gasteiger partial charge in [0.25, 0.3) is 5.91 Å². The smallest absolute Gasteiger partial charge is 0.251 e. The van der Waals surface area contributed by atoms with Crippen molar-refractivity contribution in [2.45, 2.75) is 18.2 Å². The third-order valence-electron chi connectivity index (χ3n) is 3.71. The molecule has 0 radical (unpaired) electrons. The van der Waals surface area contributed by atoms with E-state index in [1.165, 1.54) is 43.9 Å². The van der Waals surface area contributed by atoms with Crippen LogP contribution in [0.25, 0.3) is 0 Å². The predicted molar refractivity (Wildman–Crippen MR) is 94.5 cm³/mol. The van der Waals surface area contributed by atoms with Crippen molar-refractivity contribution < 1.29 is 13.2 Å². The van der Waals surface area contributed by atoms with E-state index in [-0.39, 0.29) is 10.8 Å². The van der Waals surface area contributed by atoms with Gasteiger partial charge in [-0.1, -0.05) is 29.8 Å². The largest absolute Gasteiger partial charge is 0.352 e. The van der Waals surface area contributed by atoms with E-state index in [0.717, 1.165) is 16.3 Å². The Morgan fingerprint density at radius 2 is 1.58 bits per heavy atom. The van der Waals surface area contributed by atoms with Crippen LogP contribution in [0.3, 0.4) is 0 Å². The zero-order valence-corrected chi connectivity index (χ0v) is 14.9. The average Bonchev–Trinajstić information content (AvgIpc) is 2.56. The van der Waals surface area contributed by atoms with Crippen molar-refractivity contribution >= 4 is 15.9 Å². The van der Waals surface area contributed by atoms with Crippen LogP contribution in [0.4, 0.5) is 0 Å². The number of rotatable bonds is 6. The summed E-state index contributed by atoms with van der Waals surface area (Å²) in [6, 6.07) is 14.1. The second-order valence-corrected chi connectivity index (χ2v) is 7.96. The molecule has 0 atom stereocenters. The molecule has 0 saturated carbocycles. The number of sulfonamides is 1. The Balaban J connectivity index is 1.94. The van der Waals surface area contributed by atoms with E-state index < -0.39 is 10.0 Å². The van der Waals surface area contributed by atoms with Crippen molar-refractivity contribution in [3.63, 3.8) is 0 Å². The number of hydrogen-bond acceptors (Lipinski definition) is 3. The maximum absolute atomic E-state index is 12.1. The number of carbonyl (C=O) groups excluding carboxylic acids is 1. The molecule has 2 aromatic rings. The number of benzene rings is 2. The quantitative estimate of drug-likeness (QED) is 0.872. The van der Waals surface area contributed by atoms with Gasteiger partial charge in [-0.2, -0.15) is 0 Å². The van der Waals surface area contributed by atoms with Crippen molar-refractivity contribution in [1.82, 2.24) is 9.62 Å². The second kappa shape index (κ2) is 7.59. The molecule has 0 aliphatic heterocycles. The van der Waals surface area contributed by atoms with Crippen LogP contribution in [0.5, 0.6) is 0 Å². The number of amides is 1. The van der Waals surface area contributed by atoms with E-state index in [0.29, 0.717) is 12.1 Å². The van der Waals surface area contributed by atoms with Crippen molar-refractivity contribution in [2.75, 3.05) is 20.6 Å². The highest BCUT2D eigenvalue weighted by Gasteiger charge is 2.17. The predicted octanol–water partition coefficient (Wildman–Crippen LogP) is 2.22. The fraction of sp³-hybridized carbons (Fsp3) is 0.278. The van der Waals surface area contributed by atoms with Crippen LogP contribution in [0.2, 0.25) is 0 Å². The maximum Gasteiger partial charge on any atom is 0.251 e. The lowest BCUT2D eigenvalue weighted by Crippen LogP contribution is -2.26. The first-order chi connectivity index (χ1) is 11.3. The zero-order chi connectivity index (χ0) is 17.7. The van der Waals surface area contributed by atoms with Gasteiger partial charge in [-0.05, 0) is 43.2 Å². The first-order valence-electron chi connectivity index (χ1n) is 7.67. The van der Waals surface area contributed by atoms with Gasteiger partial charge in [0, 0.05) is 26.2 Å². The molecule has 0 saturated heterocycles. The van der Waals surface area contributed by atoms with Crippen LogP contribution in [0.1, 0.15) is 21.5 Å². The molecule has 0 spiro atoms. The molecule has 0 fully saturated rings. The van der Waals surface area contributed by atoms with E-state index in [2.05, 4.69) is 5.32 Å². The minimum absolute atomic E-state index is 0.170. The molecular formula is C18H22N2O3S. The normalized spacial score (nSPS) is 11.5. The lowest BCUT2D eigenvalue weighted by molar-refractivity contribution is 0.0954. The Kier molecular flexibility index (Phi) is 5.75. The number of carbonyl (C=O) groups is 1. The second-order valence-electron chi connectivity index (χ2n) is 5.80. The van der Waals surface area contributed by atoms with Gasteiger partial charge in [-0.3, -0.25) is 4.79 Å². The molecule has 0 heterocycles. The topological polar surface area (TPSA) is 66.5 Å². The molecule has 6 heteroatoms. The molecule has 0 aliphatic carbocycles. The first kappa shape index (κ1) is 18.2. The Bertz CT molecular complexity index is 795. The fourth-order valence-corrected chi connectivity index (χ4v) is 3.07. The van der Waals surface area contributed by atoms with Crippen LogP contribution in [0, 0.1) is 6.92 Å². The Morgan fingerprint density at radius 1 is 1.00 bits per heavy atom. The number of nitrogens with one attached hydrogen (secondary N) is 1. The summed E-state index contributed by atoms with van der Waals surface area (Å²) in [7, 11) is -0.528. The molecule has 0 bridgehead atoms. The lowest BCUT2D eigenvalue weighted by Gasteiger charge is -2.11. The highest BCUT2D eigenvalue weighted by Crippen LogP contribution is 2.14. The summed E-state index contributed by atoms with van der Waals surface area (Å²) in [4.78, 5) is 12.3. The SMILES string of the molecule is Cc1ccc(CCNC(=O)c2ccc(S(=O)(=O)N(C)C)cc2)cc1. The van der Waals surface area contributed by atoms with Crippen molar-refractivity contribution in [3.8, 4) is 0 Å². The molecule has 5 nitrogen and oxygen atoms in total. The summed E-state index contributed by atoms with van der Waals surface area (Å²) >= 11 is 0. The monoisotopic (exact) mass is 346 g/mol. The van der Waals surface area contributed by atoms with Gasteiger partial charge in [0.2, 0.25) is 10.0 Å². The van der Waals surface area contributed by atoms with Crippen LogP contribution < -0.4 is 5.32 Å². The minimum Gasteiger partial charge on any atom is -0.352 e. The summed E-state index contributed by atoms with van der Waals surface area (Å²) in [6.07, 6.45) is 0.749. The molecule has 2 aromatic carbocycles. The standard InChI is InChI=1S/C18H22N2O3S/c1-14-4-6-15(7-5-14)12-13-19-18(21)16-8-10-17(11-9-16)24(22,23)20(2)3/h4-11H,12-13H2,1-3H3,(H,19,21). The summed E-state index contributed by atoms with van der Waals surface area (Å²) in [5.41, 5.74) is 2.81. The van der Waals surface area contributed by atoms with Gasteiger partial charge < -0.3 is 5.32 Å². The van der Waals surface area contributed by atoms with Crippen molar-refractivity contribution in [3.05, 3.63) is 65.2 Å². The summed E-state index contributed by atoms with van der Waals surface area (Å²) in [6.45, 7) is 2.56. The van der Waals surface area contributed by atoms with E-state index in [1.54, 1.807) is 0 Å². The van der Waals surface area contributed by atoms with Crippen LogP contribution in [0.15, 0.2) is 53.4 Å². The van der Waals surface area contributed by atoms with Gasteiger partial charge in [0.15, 0.2) is 0 Å². The maximum atomic E-state index is 12.1. The average molecular weight is 346 g/mol. The molecule has 0 aliphatic rings. The Morgan fingerprint density at radius 3 is 2.12 bits per heavy atom. The van der Waals surface area contributed by atoms with Gasteiger partial charge in [0.05, 0.1) is 4.90 Å². The summed E-state index contributed by atoms with van der Waals surface area (Å²) in [5, 5.41) is 2.84. The zero-order valence-electron chi connectivity index (χ0n) is 14.1. The van der Waals surface area contributed by atoms with Crippen LogP contribution >= 0.6 is 0 Å². The molecule has 24 heavy (non-hydrogen) atoms. The van der Waals surface area contributed by atoms with E-state index in [9.17, 15) is 13.2 Å². The number of hydrogen-bond donors (Lipinski definition) is 1. The molecular weight excluding hydrogens is 324 g/mol. The molecule has 1 amide bonds. The van der Waals surface area contributed by atoms with Gasteiger partial charge in [-0.25, -0.2) is 12.7 Å². The fourth-order valence-electron chi connectivity index (χ4n) is 2.17. The van der Waals surface area contributed by atoms with E-state index in [1.807, 2.05) is 31.2 Å². The van der Waals surface area contributed by atoms with Crippen molar-refractivity contribution in [1.29, 1.82) is 0 Å². The Labute approximate surface area is 143 Å². The third-order valence-corrected chi connectivity index (χ3v) is 5.54. The first-order valence-corrected chi connectivity index (χ1v) is 9.11. The van der Waals surface area contributed by atoms with Gasteiger partial charge in [-0.15, -0.1) is 0 Å². The van der Waals surface area contributed by atoms with E-state index in [4.69, 9.17) is 0 Å². The molecule has 0 aromatic heterocycles. The highest BCUT2D eigenvalue weighted by atomic mass is 32.2. The molecule has 0 unspecified atom stereocenters. The minimum atomic E-state index is -3.47. The number of nitrogens with zero attached hydrogens (tertiary/aromatic N) is 1. The molecule has 128 valence electrons. The van der Waals surface area contributed by atoms with Crippen molar-refractivity contribution in [2.24, 2.45) is 0 Å². The van der Waals surface area contributed by atoms with Crippen LogP contribution in [-0.2, 0) is 16.4 Å². The lowest BCUT2D eigenvalue weighted by atomic mass is 10.1. The summed E-state index contributed by atoms with van der Waals surface area (Å²) in [5.74, 6) is -0.212. The summed E-state index contributed by atoms with van der Waals surface area (Å²) < 4.78 is 25.1. The number of aryl methyl sites for hydroxylation is 1. The third kappa shape index (κ3) is 4.43. The highest BCUT2D eigenvalue weighted by molar-refractivity contribution is 7.89. The van der Waals surface area contributed by atoms with Gasteiger partial charge in [0.1, 0.15) is 0 Å². The molecule has 1 N–H and O–H groups in total. The van der Waals surface area contributed by atoms with Gasteiger partial charge >= 0.3 is 0 Å². The van der Waals surface area contributed by atoms with Crippen LogP contribution in [-0.4, -0.2) is 39.3 Å². The Hall–Kier alpha value is -2.18. The van der Waals surface area contributed by atoms with E-state index >= 15 is 0 Å².